The van der Waals surface area contributed by atoms with Crippen molar-refractivity contribution < 1.29 is 14.0 Å². The number of aryl methyl sites for hydroxylation is 1. The van der Waals surface area contributed by atoms with Gasteiger partial charge in [0.25, 0.3) is 5.91 Å². The van der Waals surface area contributed by atoms with Gasteiger partial charge in [0.15, 0.2) is 0 Å². The third-order valence-corrected chi connectivity index (χ3v) is 5.61. The minimum absolute atomic E-state index is 0.0463. The molecule has 1 aromatic heterocycles. The van der Waals surface area contributed by atoms with Gasteiger partial charge in [0, 0.05) is 10.5 Å². The fourth-order valence-corrected chi connectivity index (χ4v) is 4.05. The largest absolute Gasteiger partial charge is 0.465 e. The molecule has 6 heteroatoms. The van der Waals surface area contributed by atoms with Gasteiger partial charge in [-0.3, -0.25) is 9.59 Å². The maximum absolute atomic E-state index is 12.6. The highest BCUT2D eigenvalue weighted by molar-refractivity contribution is 8.00. The summed E-state index contributed by atoms with van der Waals surface area (Å²) in [7, 11) is 0. The second-order valence-electron chi connectivity index (χ2n) is 6.63. The maximum atomic E-state index is 12.6. The molecule has 2 amide bonds. The number of furan rings is 1. The molecule has 0 saturated carbocycles. The zero-order valence-corrected chi connectivity index (χ0v) is 16.3. The summed E-state index contributed by atoms with van der Waals surface area (Å²) in [5, 5.41) is 2.87. The van der Waals surface area contributed by atoms with Gasteiger partial charge in [0.1, 0.15) is 11.5 Å². The van der Waals surface area contributed by atoms with Crippen LogP contribution < -0.4 is 10.2 Å². The van der Waals surface area contributed by atoms with Crippen LogP contribution in [0.25, 0.3) is 0 Å². The number of nitrogens with one attached hydrogen (secondary N) is 1. The summed E-state index contributed by atoms with van der Waals surface area (Å²) < 4.78 is 5.49. The van der Waals surface area contributed by atoms with Gasteiger partial charge in [0.05, 0.1) is 24.5 Å². The topological polar surface area (TPSA) is 62.6 Å². The molecule has 3 aromatic rings. The van der Waals surface area contributed by atoms with Crippen molar-refractivity contribution in [3.8, 4) is 0 Å². The molecule has 5 nitrogen and oxygen atoms in total. The van der Waals surface area contributed by atoms with Crippen LogP contribution in [0.5, 0.6) is 0 Å². The van der Waals surface area contributed by atoms with Gasteiger partial charge >= 0.3 is 0 Å². The average molecular weight is 392 g/mol. The number of hydrogen-bond acceptors (Lipinski definition) is 4. The van der Waals surface area contributed by atoms with Crippen molar-refractivity contribution in [1.29, 1.82) is 0 Å². The first-order valence-corrected chi connectivity index (χ1v) is 10.0. The molecule has 2 heterocycles. The molecule has 0 saturated heterocycles. The van der Waals surface area contributed by atoms with Gasteiger partial charge in [0.2, 0.25) is 5.91 Å². The van der Waals surface area contributed by atoms with Crippen molar-refractivity contribution >= 4 is 29.3 Å². The Morgan fingerprint density at radius 3 is 2.71 bits per heavy atom. The Labute approximate surface area is 167 Å². The molecule has 4 rings (SSSR count). The Balaban J connectivity index is 1.55. The van der Waals surface area contributed by atoms with Gasteiger partial charge in [-0.1, -0.05) is 30.3 Å². The van der Waals surface area contributed by atoms with Crippen LogP contribution in [-0.2, 0) is 17.9 Å². The second kappa shape index (κ2) is 7.94. The van der Waals surface area contributed by atoms with E-state index in [9.17, 15) is 9.59 Å². The van der Waals surface area contributed by atoms with Crippen LogP contribution in [0.1, 0.15) is 27.4 Å². The van der Waals surface area contributed by atoms with E-state index in [1.54, 1.807) is 17.0 Å². The van der Waals surface area contributed by atoms with Crippen molar-refractivity contribution in [2.24, 2.45) is 0 Å². The molecule has 0 spiro atoms. The van der Waals surface area contributed by atoms with E-state index in [0.717, 1.165) is 21.9 Å². The number of nitrogens with zero attached hydrogens (tertiary/aromatic N) is 1. The number of amides is 2. The summed E-state index contributed by atoms with van der Waals surface area (Å²) in [6, 6.07) is 19.1. The number of benzene rings is 2. The Morgan fingerprint density at radius 2 is 1.96 bits per heavy atom. The predicted octanol–water partition coefficient (Wildman–Crippen LogP) is 4.16. The first-order chi connectivity index (χ1) is 13.6. The van der Waals surface area contributed by atoms with Gasteiger partial charge in [-0.05, 0) is 42.8 Å². The standard InChI is InChI=1S/C22H20N2O3S/c1-15-7-9-18(27-15)12-23-22(26)17-8-10-20-19(11-17)24(21(25)14-28-20)13-16-5-3-2-4-6-16/h2-11H,12-14H2,1H3,(H,23,26). The molecule has 0 bridgehead atoms. The zero-order chi connectivity index (χ0) is 19.5. The third-order valence-electron chi connectivity index (χ3n) is 4.57. The number of carbonyl (C=O) groups excluding carboxylic acids is 2. The monoisotopic (exact) mass is 392 g/mol. The van der Waals surface area contributed by atoms with E-state index < -0.39 is 0 Å². The molecule has 142 valence electrons. The lowest BCUT2D eigenvalue weighted by molar-refractivity contribution is -0.116. The second-order valence-corrected chi connectivity index (χ2v) is 7.65. The lowest BCUT2D eigenvalue weighted by Crippen LogP contribution is -2.35. The first-order valence-electron chi connectivity index (χ1n) is 9.05. The lowest BCUT2D eigenvalue weighted by atomic mass is 10.1. The Kier molecular flexibility index (Phi) is 5.21. The maximum Gasteiger partial charge on any atom is 0.251 e. The average Bonchev–Trinajstić information content (AvgIpc) is 3.14. The summed E-state index contributed by atoms with van der Waals surface area (Å²) in [6.45, 7) is 2.68. The molecule has 0 radical (unpaired) electrons. The quantitative estimate of drug-likeness (QED) is 0.708. The minimum atomic E-state index is -0.195. The van der Waals surface area contributed by atoms with Crippen LogP contribution in [0.15, 0.2) is 70.0 Å². The fourth-order valence-electron chi connectivity index (χ4n) is 3.13. The molecule has 0 atom stereocenters. The molecule has 28 heavy (non-hydrogen) atoms. The van der Waals surface area contributed by atoms with Gasteiger partial charge in [-0.15, -0.1) is 11.8 Å². The number of anilines is 1. The zero-order valence-electron chi connectivity index (χ0n) is 15.5. The molecular weight excluding hydrogens is 372 g/mol. The normalized spacial score (nSPS) is 13.3. The van der Waals surface area contributed by atoms with Gasteiger partial charge in [-0.25, -0.2) is 0 Å². The van der Waals surface area contributed by atoms with Crippen LogP contribution >= 0.6 is 11.8 Å². The first kappa shape index (κ1) is 18.4. The van der Waals surface area contributed by atoms with Gasteiger partial charge < -0.3 is 14.6 Å². The summed E-state index contributed by atoms with van der Waals surface area (Å²) in [6.07, 6.45) is 0. The highest BCUT2D eigenvalue weighted by Crippen LogP contribution is 2.36. The summed E-state index contributed by atoms with van der Waals surface area (Å²) >= 11 is 1.51. The highest BCUT2D eigenvalue weighted by Gasteiger charge is 2.26. The SMILES string of the molecule is Cc1ccc(CNC(=O)c2ccc3c(c2)N(Cc2ccccc2)C(=O)CS3)o1. The summed E-state index contributed by atoms with van der Waals surface area (Å²) in [5.74, 6) is 1.78. The van der Waals surface area contributed by atoms with Crippen LogP contribution in [0.3, 0.4) is 0 Å². The Hall–Kier alpha value is -2.99. The summed E-state index contributed by atoms with van der Waals surface area (Å²) in [5.41, 5.74) is 2.36. The molecule has 1 N–H and O–H groups in total. The highest BCUT2D eigenvalue weighted by atomic mass is 32.2. The van der Waals surface area contributed by atoms with Gasteiger partial charge in [-0.2, -0.15) is 0 Å². The van der Waals surface area contributed by atoms with E-state index in [1.807, 2.05) is 55.5 Å². The molecule has 0 fully saturated rings. The molecular formula is C22H20N2O3S. The van der Waals surface area contributed by atoms with Crippen molar-refractivity contribution in [3.63, 3.8) is 0 Å². The number of thioether (sulfide) groups is 1. The third kappa shape index (κ3) is 3.97. The lowest BCUT2D eigenvalue weighted by Gasteiger charge is -2.29. The molecule has 0 aliphatic carbocycles. The summed E-state index contributed by atoms with van der Waals surface area (Å²) in [4.78, 5) is 27.9. The minimum Gasteiger partial charge on any atom is -0.465 e. The van der Waals surface area contributed by atoms with Crippen LogP contribution in [0.2, 0.25) is 0 Å². The van der Waals surface area contributed by atoms with Crippen molar-refractivity contribution in [2.75, 3.05) is 10.7 Å². The number of hydrogen-bond donors (Lipinski definition) is 1. The molecule has 1 aliphatic heterocycles. The van der Waals surface area contributed by atoms with Crippen molar-refractivity contribution in [2.45, 2.75) is 24.9 Å². The molecule has 1 aliphatic rings. The van der Waals surface area contributed by atoms with E-state index in [0.29, 0.717) is 30.2 Å². The number of rotatable bonds is 5. The molecule has 0 unspecified atom stereocenters. The predicted molar refractivity (Wildman–Crippen MR) is 109 cm³/mol. The van der Waals surface area contributed by atoms with Crippen LogP contribution in [-0.4, -0.2) is 17.6 Å². The van der Waals surface area contributed by atoms with E-state index in [1.165, 1.54) is 11.8 Å². The van der Waals surface area contributed by atoms with E-state index in [2.05, 4.69) is 5.32 Å². The number of carbonyl (C=O) groups is 2. The Bertz CT molecular complexity index is 1010. The smallest absolute Gasteiger partial charge is 0.251 e. The number of fused-ring (bicyclic) bond motifs is 1. The molecule has 2 aromatic carbocycles. The van der Waals surface area contributed by atoms with E-state index in [-0.39, 0.29) is 11.8 Å². The van der Waals surface area contributed by atoms with Crippen molar-refractivity contribution in [3.05, 3.63) is 83.3 Å². The van der Waals surface area contributed by atoms with Crippen LogP contribution in [0, 0.1) is 6.92 Å². The van der Waals surface area contributed by atoms with Crippen molar-refractivity contribution in [1.82, 2.24) is 5.32 Å². The van der Waals surface area contributed by atoms with E-state index in [4.69, 9.17) is 4.42 Å². The van der Waals surface area contributed by atoms with Crippen LogP contribution in [0.4, 0.5) is 5.69 Å². The van der Waals surface area contributed by atoms with E-state index >= 15 is 0 Å². The fraction of sp³-hybridized carbons (Fsp3) is 0.182. The Morgan fingerprint density at radius 1 is 1.14 bits per heavy atom.